The van der Waals surface area contributed by atoms with Gasteiger partial charge >= 0.3 is 30.0 Å². The zero-order valence-electron chi connectivity index (χ0n) is 10.9. The molecule has 5 N–H and O–H groups in total. The van der Waals surface area contributed by atoms with E-state index in [2.05, 4.69) is 22.6 Å². The molecular formula is C11H16O9. The van der Waals surface area contributed by atoms with Crippen LogP contribution in [0, 0.1) is 0 Å². The maximum absolute atomic E-state index is 11.3. The van der Waals surface area contributed by atoms with Crippen LogP contribution in [0.25, 0.3) is 0 Å². The van der Waals surface area contributed by atoms with Crippen molar-refractivity contribution in [3.63, 3.8) is 0 Å². The molecule has 20 heavy (non-hydrogen) atoms. The topological polar surface area (TPSA) is 154 Å². The zero-order valence-corrected chi connectivity index (χ0v) is 10.9. The molecule has 0 aromatic heterocycles. The second-order valence-electron chi connectivity index (χ2n) is 4.06. The molecule has 0 unspecified atom stereocenters. The van der Waals surface area contributed by atoms with Crippen molar-refractivity contribution in [3.8, 4) is 0 Å². The highest BCUT2D eigenvalue weighted by Crippen LogP contribution is 2.23. The van der Waals surface area contributed by atoms with Gasteiger partial charge in [0, 0.05) is 11.1 Å². The Hall–Kier alpha value is -1.78. The predicted molar refractivity (Wildman–Crippen MR) is 62.2 cm³/mol. The van der Waals surface area contributed by atoms with Gasteiger partial charge in [-0.25, -0.2) is 9.59 Å². The van der Waals surface area contributed by atoms with Crippen LogP contribution in [0.5, 0.6) is 0 Å². The van der Waals surface area contributed by atoms with Crippen molar-refractivity contribution in [3.05, 3.63) is 24.3 Å². The summed E-state index contributed by atoms with van der Waals surface area (Å²) in [4.78, 5) is 22.6. The normalized spacial score (nSPS) is 12.0. The molecule has 0 bridgehead atoms. The van der Waals surface area contributed by atoms with Gasteiger partial charge in [0.15, 0.2) is 0 Å². The highest BCUT2D eigenvalue weighted by Gasteiger charge is 2.57. The van der Waals surface area contributed by atoms with E-state index in [0.717, 1.165) is 0 Å². The standard InChI is InChI=1S/C11H16O9/c1-5(2)7(12)19-9(20-8(13)6(3)4)10(14,15)11(16,17)18/h9,14-18H,1,3H2,2,4H3. The quantitative estimate of drug-likeness (QED) is 0.209. The molecule has 0 aromatic carbocycles. The SMILES string of the molecule is C=C(C)C(=O)OC(OC(=O)C(=C)C)C(O)(O)C(O)(O)O. The number of aliphatic hydroxyl groups is 5. The maximum Gasteiger partial charge on any atom is 0.340 e. The van der Waals surface area contributed by atoms with E-state index in [0.29, 0.717) is 0 Å². The molecule has 0 heterocycles. The lowest BCUT2D eigenvalue weighted by atomic mass is 10.2. The van der Waals surface area contributed by atoms with E-state index >= 15 is 0 Å². The first-order valence-corrected chi connectivity index (χ1v) is 5.15. The molecule has 0 rings (SSSR count). The summed E-state index contributed by atoms with van der Waals surface area (Å²) in [6.45, 7) is 8.76. The van der Waals surface area contributed by atoms with E-state index < -0.39 is 30.0 Å². The first kappa shape index (κ1) is 18.2. The predicted octanol–water partition coefficient (Wildman–Crippen LogP) is -2.14. The van der Waals surface area contributed by atoms with E-state index in [4.69, 9.17) is 15.3 Å². The van der Waals surface area contributed by atoms with Gasteiger partial charge in [-0.1, -0.05) is 13.2 Å². The van der Waals surface area contributed by atoms with Crippen LogP contribution in [-0.2, 0) is 19.1 Å². The van der Waals surface area contributed by atoms with Crippen LogP contribution < -0.4 is 0 Å². The van der Waals surface area contributed by atoms with Crippen LogP contribution >= 0.6 is 0 Å². The number of hydrogen-bond acceptors (Lipinski definition) is 9. The molecule has 0 saturated heterocycles. The Bertz CT molecular complexity index is 402. The first-order chi connectivity index (χ1) is 8.80. The fraction of sp³-hybridized carbons (Fsp3) is 0.455. The Morgan fingerprint density at radius 3 is 1.40 bits per heavy atom. The Morgan fingerprint density at radius 2 is 1.20 bits per heavy atom. The van der Waals surface area contributed by atoms with Crippen LogP contribution in [0.4, 0.5) is 0 Å². The Labute approximate surface area is 114 Å². The molecule has 0 radical (unpaired) electrons. The highest BCUT2D eigenvalue weighted by molar-refractivity contribution is 5.88. The summed E-state index contributed by atoms with van der Waals surface area (Å²) in [7, 11) is 0. The number of carbonyl (C=O) groups is 2. The molecule has 0 fully saturated rings. The van der Waals surface area contributed by atoms with E-state index in [1.54, 1.807) is 0 Å². The van der Waals surface area contributed by atoms with Gasteiger partial charge < -0.3 is 35.0 Å². The van der Waals surface area contributed by atoms with E-state index in [9.17, 15) is 19.8 Å². The Balaban J connectivity index is 5.37. The minimum absolute atomic E-state index is 0.211. The summed E-state index contributed by atoms with van der Waals surface area (Å²) >= 11 is 0. The lowest BCUT2D eigenvalue weighted by molar-refractivity contribution is -0.480. The molecule has 0 amide bonds. The molecule has 0 aliphatic carbocycles. The van der Waals surface area contributed by atoms with Gasteiger partial charge in [0.1, 0.15) is 0 Å². The number of ether oxygens (including phenoxy) is 2. The number of rotatable bonds is 6. The van der Waals surface area contributed by atoms with E-state index in [1.807, 2.05) is 0 Å². The van der Waals surface area contributed by atoms with Crippen molar-refractivity contribution in [2.24, 2.45) is 0 Å². The lowest BCUT2D eigenvalue weighted by Crippen LogP contribution is -2.63. The third-order valence-electron chi connectivity index (χ3n) is 1.95. The summed E-state index contributed by atoms with van der Waals surface area (Å²) in [5, 5.41) is 45.1. The van der Waals surface area contributed by atoms with Gasteiger partial charge in [0.25, 0.3) is 0 Å². The van der Waals surface area contributed by atoms with Crippen molar-refractivity contribution in [1.82, 2.24) is 0 Å². The summed E-state index contributed by atoms with van der Waals surface area (Å²) in [5.41, 5.74) is -0.423. The highest BCUT2D eigenvalue weighted by atomic mass is 16.8. The number of hydrogen-bond donors (Lipinski definition) is 5. The number of esters is 2. The average molecular weight is 292 g/mol. The third-order valence-corrected chi connectivity index (χ3v) is 1.95. The summed E-state index contributed by atoms with van der Waals surface area (Å²) in [6.07, 6.45) is -2.64. The minimum Gasteiger partial charge on any atom is -0.415 e. The molecular weight excluding hydrogens is 276 g/mol. The summed E-state index contributed by atoms with van der Waals surface area (Å²) in [5.74, 6) is -10.5. The largest absolute Gasteiger partial charge is 0.415 e. The van der Waals surface area contributed by atoms with Crippen molar-refractivity contribution >= 4 is 11.9 Å². The molecule has 0 aliphatic heterocycles. The Kier molecular flexibility index (Phi) is 5.57. The molecule has 0 aliphatic rings. The minimum atomic E-state index is -4.14. The monoisotopic (exact) mass is 292 g/mol. The molecule has 0 atom stereocenters. The van der Waals surface area contributed by atoms with Crippen molar-refractivity contribution in [2.45, 2.75) is 31.9 Å². The smallest absolute Gasteiger partial charge is 0.340 e. The van der Waals surface area contributed by atoms with Gasteiger partial charge in [0.05, 0.1) is 0 Å². The lowest BCUT2D eigenvalue weighted by Gasteiger charge is -2.34. The summed E-state index contributed by atoms with van der Waals surface area (Å²) in [6, 6.07) is 0. The second kappa shape index (κ2) is 6.11. The fourth-order valence-electron chi connectivity index (χ4n) is 0.742. The maximum atomic E-state index is 11.3. The zero-order chi connectivity index (χ0) is 16.3. The van der Waals surface area contributed by atoms with Gasteiger partial charge in [-0.2, -0.15) is 0 Å². The van der Waals surface area contributed by atoms with E-state index in [1.165, 1.54) is 13.8 Å². The van der Waals surface area contributed by atoms with Gasteiger partial charge in [-0.3, -0.25) is 0 Å². The van der Waals surface area contributed by atoms with Gasteiger partial charge in [-0.05, 0) is 13.8 Å². The fourth-order valence-corrected chi connectivity index (χ4v) is 0.742. The molecule has 114 valence electrons. The van der Waals surface area contributed by atoms with Gasteiger partial charge in [0.2, 0.25) is 0 Å². The van der Waals surface area contributed by atoms with Crippen molar-refractivity contribution in [1.29, 1.82) is 0 Å². The third kappa shape index (κ3) is 4.40. The van der Waals surface area contributed by atoms with Crippen LogP contribution in [-0.4, -0.2) is 55.5 Å². The van der Waals surface area contributed by atoms with Crippen molar-refractivity contribution in [2.75, 3.05) is 0 Å². The second-order valence-corrected chi connectivity index (χ2v) is 4.06. The molecule has 9 heteroatoms. The van der Waals surface area contributed by atoms with Crippen LogP contribution in [0.1, 0.15) is 13.8 Å². The van der Waals surface area contributed by atoms with Crippen LogP contribution in [0.3, 0.4) is 0 Å². The Morgan fingerprint density at radius 1 is 0.900 bits per heavy atom. The first-order valence-electron chi connectivity index (χ1n) is 5.15. The molecule has 0 spiro atoms. The van der Waals surface area contributed by atoms with E-state index in [-0.39, 0.29) is 11.1 Å². The van der Waals surface area contributed by atoms with Crippen LogP contribution in [0.15, 0.2) is 24.3 Å². The van der Waals surface area contributed by atoms with Gasteiger partial charge in [-0.15, -0.1) is 0 Å². The molecule has 0 saturated carbocycles. The van der Waals surface area contributed by atoms with Crippen LogP contribution in [0.2, 0.25) is 0 Å². The van der Waals surface area contributed by atoms with Crippen molar-refractivity contribution < 1.29 is 44.6 Å². The molecule has 9 nitrogen and oxygen atoms in total. The molecule has 0 aromatic rings. The summed E-state index contributed by atoms with van der Waals surface area (Å²) < 4.78 is 8.64. The number of carbonyl (C=O) groups excluding carboxylic acids is 2. The average Bonchev–Trinajstić information content (AvgIpc) is 2.25.